The number of rotatable bonds is 2. The summed E-state index contributed by atoms with van der Waals surface area (Å²) in [6.45, 7) is 8.10. The van der Waals surface area contributed by atoms with Gasteiger partial charge in [-0.3, -0.25) is 4.79 Å². The quantitative estimate of drug-likeness (QED) is 0.566. The predicted octanol–water partition coefficient (Wildman–Crippen LogP) is 3.68. The van der Waals surface area contributed by atoms with Crippen LogP contribution in [0.5, 0.6) is 0 Å². The Balaban J connectivity index is 0.000000288. The summed E-state index contributed by atoms with van der Waals surface area (Å²) in [7, 11) is 0. The molecule has 0 N–H and O–H groups in total. The van der Waals surface area contributed by atoms with Crippen LogP contribution in [0.2, 0.25) is 5.02 Å². The van der Waals surface area contributed by atoms with E-state index in [2.05, 4.69) is 17.9 Å². The summed E-state index contributed by atoms with van der Waals surface area (Å²) >= 11 is 5.63. The number of carbonyl (C=O) groups is 1. The summed E-state index contributed by atoms with van der Waals surface area (Å²) < 4.78 is 4.17. The second-order valence-electron chi connectivity index (χ2n) is 2.53. The Morgan fingerprint density at radius 3 is 2.13 bits per heavy atom. The van der Waals surface area contributed by atoms with Crippen LogP contribution in [0.15, 0.2) is 43.7 Å². The molecule has 2 nitrogen and oxygen atoms in total. The van der Waals surface area contributed by atoms with Gasteiger partial charge in [0.05, 0.1) is 6.26 Å². The van der Waals surface area contributed by atoms with Crippen LogP contribution < -0.4 is 0 Å². The van der Waals surface area contributed by atoms with E-state index in [1.54, 1.807) is 6.08 Å². The summed E-state index contributed by atoms with van der Waals surface area (Å²) in [5.74, 6) is -0.329. The average molecular weight is 225 g/mol. The minimum atomic E-state index is -0.329. The van der Waals surface area contributed by atoms with Gasteiger partial charge in [-0.15, -0.1) is 0 Å². The van der Waals surface area contributed by atoms with E-state index in [9.17, 15) is 4.79 Å². The summed E-state index contributed by atoms with van der Waals surface area (Å²) in [5, 5.41) is 0.764. The number of esters is 1. The maximum Gasteiger partial charge on any atom is 0.307 e. The van der Waals surface area contributed by atoms with E-state index in [-0.39, 0.29) is 5.97 Å². The average Bonchev–Trinajstić information content (AvgIpc) is 2.20. The molecule has 1 aromatic carbocycles. The third kappa shape index (κ3) is 7.52. The Hall–Kier alpha value is -1.54. The molecule has 0 amide bonds. The number of halogens is 1. The highest BCUT2D eigenvalue weighted by atomic mass is 35.5. The zero-order valence-corrected chi connectivity index (χ0v) is 9.33. The van der Waals surface area contributed by atoms with Crippen LogP contribution in [0, 0.1) is 0 Å². The molecule has 0 aliphatic carbocycles. The first-order valence-corrected chi connectivity index (χ1v) is 4.64. The molecule has 1 aromatic rings. The van der Waals surface area contributed by atoms with Gasteiger partial charge in [-0.2, -0.15) is 0 Å². The topological polar surface area (TPSA) is 26.3 Å². The summed E-state index contributed by atoms with van der Waals surface area (Å²) in [4.78, 5) is 9.75. The number of hydrogen-bond donors (Lipinski definition) is 0. The number of ether oxygens (including phenoxy) is 1. The van der Waals surface area contributed by atoms with Gasteiger partial charge in [0.2, 0.25) is 0 Å². The van der Waals surface area contributed by atoms with E-state index in [1.165, 1.54) is 6.92 Å². The van der Waals surface area contributed by atoms with Crippen LogP contribution in [0.4, 0.5) is 0 Å². The van der Waals surface area contributed by atoms with Gasteiger partial charge in [-0.25, -0.2) is 0 Å². The maximum atomic E-state index is 9.75. The lowest BCUT2D eigenvalue weighted by Crippen LogP contribution is -1.87. The maximum absolute atomic E-state index is 9.75. The fourth-order valence-corrected chi connectivity index (χ4v) is 0.842. The first-order chi connectivity index (χ1) is 7.10. The molecular weight excluding hydrogens is 212 g/mol. The van der Waals surface area contributed by atoms with Crippen molar-refractivity contribution >= 4 is 23.6 Å². The lowest BCUT2D eigenvalue weighted by molar-refractivity contribution is -0.135. The number of benzene rings is 1. The lowest BCUT2D eigenvalue weighted by Gasteiger charge is -1.89. The molecule has 80 valence electrons. The Bertz CT molecular complexity index is 328. The molecule has 0 unspecified atom stereocenters. The molecule has 0 bridgehead atoms. The predicted molar refractivity (Wildman–Crippen MR) is 63.5 cm³/mol. The molecule has 0 aliphatic heterocycles. The van der Waals surface area contributed by atoms with Crippen molar-refractivity contribution in [3.05, 3.63) is 54.3 Å². The van der Waals surface area contributed by atoms with Gasteiger partial charge >= 0.3 is 5.97 Å². The largest absolute Gasteiger partial charge is 0.435 e. The molecule has 0 fully saturated rings. The van der Waals surface area contributed by atoms with Crippen molar-refractivity contribution < 1.29 is 9.53 Å². The molecule has 15 heavy (non-hydrogen) atoms. The van der Waals surface area contributed by atoms with Crippen LogP contribution in [-0.2, 0) is 9.53 Å². The van der Waals surface area contributed by atoms with E-state index in [4.69, 9.17) is 11.6 Å². The number of carbonyl (C=O) groups excluding carboxylic acids is 1. The van der Waals surface area contributed by atoms with Crippen molar-refractivity contribution in [3.63, 3.8) is 0 Å². The second-order valence-corrected chi connectivity index (χ2v) is 2.97. The van der Waals surface area contributed by atoms with Crippen molar-refractivity contribution in [3.8, 4) is 0 Å². The van der Waals surface area contributed by atoms with Gasteiger partial charge in [-0.1, -0.05) is 43.0 Å². The zero-order chi connectivity index (χ0) is 11.7. The molecule has 0 spiro atoms. The minimum Gasteiger partial charge on any atom is -0.435 e. The third-order valence-electron chi connectivity index (χ3n) is 1.36. The Kier molecular flexibility index (Phi) is 7.02. The van der Waals surface area contributed by atoms with E-state index >= 15 is 0 Å². The summed E-state index contributed by atoms with van der Waals surface area (Å²) in [6, 6.07) is 7.54. The highest BCUT2D eigenvalue weighted by Gasteiger charge is 1.84. The standard InChI is InChI=1S/C8H7Cl.C4H6O2/c1-2-7-3-5-8(9)6-4-7;1-3-6-4(2)5/h2-6H,1H2;3H,1H2,2H3. The van der Waals surface area contributed by atoms with Crippen LogP contribution in [0.1, 0.15) is 12.5 Å². The lowest BCUT2D eigenvalue weighted by atomic mass is 10.2. The highest BCUT2D eigenvalue weighted by Crippen LogP contribution is 2.09. The Morgan fingerprint density at radius 1 is 1.33 bits per heavy atom. The van der Waals surface area contributed by atoms with Crippen LogP contribution in [0.3, 0.4) is 0 Å². The SMILES string of the molecule is C=COC(C)=O.C=Cc1ccc(Cl)cc1. The molecule has 0 aromatic heterocycles. The number of hydrogen-bond acceptors (Lipinski definition) is 2. The zero-order valence-electron chi connectivity index (χ0n) is 8.57. The van der Waals surface area contributed by atoms with Gasteiger partial charge in [0.15, 0.2) is 0 Å². The molecule has 3 heteroatoms. The highest BCUT2D eigenvalue weighted by molar-refractivity contribution is 6.30. The molecule has 1 rings (SSSR count). The van der Waals surface area contributed by atoms with Gasteiger partial charge < -0.3 is 4.74 Å². The molecule has 0 aliphatic rings. The fourth-order valence-electron chi connectivity index (χ4n) is 0.716. The van der Waals surface area contributed by atoms with Gasteiger partial charge in [0.1, 0.15) is 0 Å². The van der Waals surface area contributed by atoms with Crippen molar-refractivity contribution in [2.45, 2.75) is 6.92 Å². The van der Waals surface area contributed by atoms with E-state index in [0.717, 1.165) is 16.8 Å². The van der Waals surface area contributed by atoms with Gasteiger partial charge in [-0.05, 0) is 17.7 Å². The molecule has 0 saturated carbocycles. The van der Waals surface area contributed by atoms with Crippen LogP contribution in [-0.4, -0.2) is 5.97 Å². The van der Waals surface area contributed by atoms with Crippen LogP contribution in [0.25, 0.3) is 6.08 Å². The first kappa shape index (κ1) is 13.5. The minimum absolute atomic E-state index is 0.329. The first-order valence-electron chi connectivity index (χ1n) is 4.26. The van der Waals surface area contributed by atoms with Crippen molar-refractivity contribution in [1.82, 2.24) is 0 Å². The van der Waals surface area contributed by atoms with Crippen LogP contribution >= 0.6 is 11.6 Å². The van der Waals surface area contributed by atoms with Crippen molar-refractivity contribution in [2.75, 3.05) is 0 Å². The van der Waals surface area contributed by atoms with E-state index in [0.29, 0.717) is 0 Å². The Labute approximate surface area is 94.8 Å². The fraction of sp³-hybridized carbons (Fsp3) is 0.0833. The van der Waals surface area contributed by atoms with E-state index in [1.807, 2.05) is 24.3 Å². The van der Waals surface area contributed by atoms with E-state index < -0.39 is 0 Å². The molecular formula is C12H13ClO2. The Morgan fingerprint density at radius 2 is 1.87 bits per heavy atom. The molecule has 0 heterocycles. The summed E-state index contributed by atoms with van der Waals surface area (Å²) in [5.41, 5.74) is 1.10. The van der Waals surface area contributed by atoms with Crippen molar-refractivity contribution in [1.29, 1.82) is 0 Å². The summed E-state index contributed by atoms with van der Waals surface area (Å²) in [6.07, 6.45) is 2.89. The molecule has 0 atom stereocenters. The smallest absolute Gasteiger partial charge is 0.307 e. The third-order valence-corrected chi connectivity index (χ3v) is 1.61. The monoisotopic (exact) mass is 224 g/mol. The second kappa shape index (κ2) is 7.83. The van der Waals surface area contributed by atoms with Gasteiger partial charge in [0, 0.05) is 11.9 Å². The van der Waals surface area contributed by atoms with Crippen molar-refractivity contribution in [2.24, 2.45) is 0 Å². The van der Waals surface area contributed by atoms with Gasteiger partial charge in [0.25, 0.3) is 0 Å². The molecule has 0 radical (unpaired) electrons. The normalized spacial score (nSPS) is 8.13. The molecule has 0 saturated heterocycles.